The predicted octanol–water partition coefficient (Wildman–Crippen LogP) is 16.7. The predicted molar refractivity (Wildman–Crippen MR) is 280 cm³/mol. The molecule has 0 amide bonds. The number of nitrogens with zero attached hydrogens (tertiary/aromatic N) is 2. The van der Waals surface area contributed by atoms with E-state index in [-0.39, 0.29) is 0 Å². The fourth-order valence-electron chi connectivity index (χ4n) is 12.4. The van der Waals surface area contributed by atoms with Crippen LogP contribution in [0.1, 0.15) is 22.3 Å². The van der Waals surface area contributed by atoms with E-state index >= 15 is 0 Å². The summed E-state index contributed by atoms with van der Waals surface area (Å²) in [4.78, 5) is 0. The Balaban J connectivity index is 0.866. The van der Waals surface area contributed by atoms with Crippen LogP contribution in [0.2, 0.25) is 0 Å². The molecule has 13 aromatic rings. The molecule has 1 spiro atoms. The Bertz CT molecular complexity index is 4200. The molecule has 2 heterocycles. The highest BCUT2D eigenvalue weighted by molar-refractivity contribution is 6.13. The largest absolute Gasteiger partial charge is 0.309 e. The highest BCUT2D eigenvalue weighted by Gasteiger charge is 2.52. The van der Waals surface area contributed by atoms with E-state index < -0.39 is 5.41 Å². The lowest BCUT2D eigenvalue weighted by molar-refractivity contribution is 0.794. The van der Waals surface area contributed by atoms with Gasteiger partial charge in [0.15, 0.2) is 0 Å². The van der Waals surface area contributed by atoms with Gasteiger partial charge in [0, 0.05) is 32.9 Å². The lowest BCUT2D eigenvalue weighted by Crippen LogP contribution is -2.25. The van der Waals surface area contributed by atoms with Gasteiger partial charge in [0.2, 0.25) is 0 Å². The summed E-state index contributed by atoms with van der Waals surface area (Å²) in [5.74, 6) is 0. The average Bonchev–Trinajstić information content (AvgIpc) is 4.11. The molecule has 2 nitrogen and oxygen atoms in total. The van der Waals surface area contributed by atoms with E-state index in [0.717, 1.165) is 5.69 Å². The maximum absolute atomic E-state index is 2.44. The Labute approximate surface area is 387 Å². The van der Waals surface area contributed by atoms with Crippen LogP contribution < -0.4 is 0 Å². The van der Waals surface area contributed by atoms with Gasteiger partial charge in [-0.1, -0.05) is 188 Å². The number of benzene rings is 11. The van der Waals surface area contributed by atoms with Crippen molar-refractivity contribution in [2.75, 3.05) is 0 Å². The van der Waals surface area contributed by atoms with Gasteiger partial charge < -0.3 is 9.13 Å². The fourth-order valence-corrected chi connectivity index (χ4v) is 12.4. The van der Waals surface area contributed by atoms with Gasteiger partial charge >= 0.3 is 0 Å². The van der Waals surface area contributed by atoms with Crippen molar-refractivity contribution >= 4 is 54.4 Å². The molecule has 1 unspecified atom stereocenters. The van der Waals surface area contributed by atoms with E-state index in [1.54, 1.807) is 0 Å². The zero-order valence-electron chi connectivity index (χ0n) is 36.5. The molecule has 2 aliphatic carbocycles. The van der Waals surface area contributed by atoms with Gasteiger partial charge in [-0.05, 0) is 132 Å². The van der Waals surface area contributed by atoms with E-state index in [1.807, 2.05) is 0 Å². The molecule has 1 atom stereocenters. The molecule has 0 N–H and O–H groups in total. The summed E-state index contributed by atoms with van der Waals surface area (Å²) >= 11 is 0. The topological polar surface area (TPSA) is 9.86 Å². The summed E-state index contributed by atoms with van der Waals surface area (Å²) in [5, 5.41) is 7.61. The summed E-state index contributed by atoms with van der Waals surface area (Å²) in [6, 6.07) is 90.4. The van der Waals surface area contributed by atoms with E-state index in [1.165, 1.54) is 127 Å². The molecule has 0 radical (unpaired) electrons. The van der Waals surface area contributed by atoms with Gasteiger partial charge in [0.25, 0.3) is 0 Å². The Hall–Kier alpha value is -8.72. The van der Waals surface area contributed by atoms with Gasteiger partial charge in [0.05, 0.1) is 27.5 Å². The summed E-state index contributed by atoms with van der Waals surface area (Å²) in [5.41, 5.74) is 22.4. The zero-order chi connectivity index (χ0) is 43.8. The Morgan fingerprint density at radius 2 is 0.761 bits per heavy atom. The molecule has 2 aromatic heterocycles. The van der Waals surface area contributed by atoms with E-state index in [2.05, 4.69) is 252 Å². The third-order valence-electron chi connectivity index (χ3n) is 15.1. The van der Waals surface area contributed by atoms with Crippen molar-refractivity contribution in [3.8, 4) is 55.9 Å². The molecule has 11 aromatic carbocycles. The van der Waals surface area contributed by atoms with Crippen LogP contribution in [0.15, 0.2) is 243 Å². The Morgan fingerprint density at radius 1 is 0.254 bits per heavy atom. The minimum absolute atomic E-state index is 0.411. The summed E-state index contributed by atoms with van der Waals surface area (Å²) in [7, 11) is 0. The number of para-hydroxylation sites is 3. The highest BCUT2D eigenvalue weighted by Crippen LogP contribution is 2.65. The van der Waals surface area contributed by atoms with Crippen LogP contribution in [0.3, 0.4) is 0 Å². The second-order valence-corrected chi connectivity index (χ2v) is 18.3. The molecule has 0 aliphatic heterocycles. The molecular formula is C65H40N2. The van der Waals surface area contributed by atoms with Crippen LogP contribution in [-0.4, -0.2) is 9.13 Å². The van der Waals surface area contributed by atoms with Gasteiger partial charge in [-0.25, -0.2) is 0 Å². The first-order chi connectivity index (χ1) is 33.3. The first-order valence-electron chi connectivity index (χ1n) is 23.3. The molecule has 67 heavy (non-hydrogen) atoms. The summed E-state index contributed by atoms with van der Waals surface area (Å²) in [6.07, 6.45) is 0. The SMILES string of the molecule is c1ccc(-n2c3ccccc3c3ccc(-c4ccc5c(c4)c4ccccc4n5-c4ccc(-c5cccc6c5-c5ccccc5C65c6ccccc6-c6c5ccc5ccccc65)cc4)cc32)cc1. The van der Waals surface area contributed by atoms with Crippen LogP contribution in [0.5, 0.6) is 0 Å². The number of rotatable bonds is 4. The molecule has 2 heteroatoms. The summed E-state index contributed by atoms with van der Waals surface area (Å²) < 4.78 is 4.84. The lowest BCUT2D eigenvalue weighted by Gasteiger charge is -2.30. The Morgan fingerprint density at radius 3 is 1.54 bits per heavy atom. The van der Waals surface area contributed by atoms with Crippen molar-refractivity contribution in [3.05, 3.63) is 265 Å². The minimum Gasteiger partial charge on any atom is -0.309 e. The van der Waals surface area contributed by atoms with Crippen LogP contribution >= 0.6 is 0 Å². The lowest BCUT2D eigenvalue weighted by atomic mass is 9.70. The molecule has 0 fully saturated rings. The van der Waals surface area contributed by atoms with E-state index in [9.17, 15) is 0 Å². The summed E-state index contributed by atoms with van der Waals surface area (Å²) in [6.45, 7) is 0. The van der Waals surface area contributed by atoms with Crippen molar-refractivity contribution < 1.29 is 0 Å². The Kier molecular flexibility index (Phi) is 7.46. The van der Waals surface area contributed by atoms with E-state index in [0.29, 0.717) is 0 Å². The van der Waals surface area contributed by atoms with Crippen molar-refractivity contribution in [2.45, 2.75) is 5.41 Å². The third kappa shape index (κ3) is 4.89. The maximum Gasteiger partial charge on any atom is 0.0725 e. The monoisotopic (exact) mass is 848 g/mol. The normalized spacial score (nSPS) is 14.6. The molecular weight excluding hydrogens is 809 g/mol. The smallest absolute Gasteiger partial charge is 0.0725 e. The number of hydrogen-bond acceptors (Lipinski definition) is 0. The average molecular weight is 849 g/mol. The minimum atomic E-state index is -0.411. The van der Waals surface area contributed by atoms with Crippen molar-refractivity contribution in [3.63, 3.8) is 0 Å². The highest BCUT2D eigenvalue weighted by atomic mass is 15.0. The molecule has 0 saturated heterocycles. The first kappa shape index (κ1) is 36.6. The molecule has 310 valence electrons. The molecule has 15 rings (SSSR count). The molecule has 0 bridgehead atoms. The second kappa shape index (κ2) is 13.7. The van der Waals surface area contributed by atoms with Crippen LogP contribution in [-0.2, 0) is 5.41 Å². The standard InChI is InChI=1S/C65H40N2/c1-2-16-45(17-3-1)67-59-27-12-8-19-49(59)51-36-31-44(40-62(51)67)43-33-38-61-54(39-43)50-20-9-13-28-60(50)66(61)46-34-29-42(30-35-46)48-23-14-26-57-63(48)52-21-6-10-24-55(52)65(57)56-25-11-7-22-53(56)64-47-18-5-4-15-41(47)32-37-58(64)65/h1-40H. The second-order valence-electron chi connectivity index (χ2n) is 18.3. The number of aromatic nitrogens is 2. The molecule has 0 saturated carbocycles. The van der Waals surface area contributed by atoms with Crippen molar-refractivity contribution in [1.29, 1.82) is 0 Å². The van der Waals surface area contributed by atoms with Gasteiger partial charge in [-0.2, -0.15) is 0 Å². The zero-order valence-corrected chi connectivity index (χ0v) is 36.5. The maximum atomic E-state index is 2.44. The van der Waals surface area contributed by atoms with Gasteiger partial charge in [0.1, 0.15) is 0 Å². The van der Waals surface area contributed by atoms with Gasteiger partial charge in [-0.15, -0.1) is 0 Å². The van der Waals surface area contributed by atoms with Crippen LogP contribution in [0.25, 0.3) is 110 Å². The number of hydrogen-bond donors (Lipinski definition) is 0. The third-order valence-corrected chi connectivity index (χ3v) is 15.1. The quantitative estimate of drug-likeness (QED) is 0.167. The van der Waals surface area contributed by atoms with Crippen molar-refractivity contribution in [2.24, 2.45) is 0 Å². The number of fused-ring (bicyclic) bond motifs is 18. The van der Waals surface area contributed by atoms with Crippen molar-refractivity contribution in [1.82, 2.24) is 9.13 Å². The molecule has 2 aliphatic rings. The first-order valence-corrected chi connectivity index (χ1v) is 23.3. The van der Waals surface area contributed by atoms with E-state index in [4.69, 9.17) is 0 Å². The fraction of sp³-hybridized carbons (Fsp3) is 0.0154. The van der Waals surface area contributed by atoms with Crippen LogP contribution in [0, 0.1) is 0 Å². The van der Waals surface area contributed by atoms with Crippen LogP contribution in [0.4, 0.5) is 0 Å². The van der Waals surface area contributed by atoms with Gasteiger partial charge in [-0.3, -0.25) is 0 Å².